The van der Waals surface area contributed by atoms with Gasteiger partial charge in [-0.15, -0.1) is 0 Å². The van der Waals surface area contributed by atoms with Gasteiger partial charge in [-0.2, -0.15) is 9.78 Å². The Balaban J connectivity index is 1.39. The summed E-state index contributed by atoms with van der Waals surface area (Å²) in [4.78, 5) is 22.9. The van der Waals surface area contributed by atoms with Crippen molar-refractivity contribution in [1.29, 1.82) is 0 Å². The van der Waals surface area contributed by atoms with Crippen LogP contribution in [0.4, 0.5) is 0 Å². The van der Waals surface area contributed by atoms with Gasteiger partial charge in [-0.05, 0) is 62.6 Å². The topological polar surface area (TPSA) is 91.2 Å². The van der Waals surface area contributed by atoms with Crippen LogP contribution in [-0.2, 0) is 0 Å². The number of hydrogen-bond donors (Lipinski definition) is 1. The lowest BCUT2D eigenvalue weighted by atomic mass is 10.0. The van der Waals surface area contributed by atoms with Crippen molar-refractivity contribution in [3.05, 3.63) is 71.2 Å². The number of nitrogens with zero attached hydrogens (tertiary/aromatic N) is 4. The molecule has 8 nitrogen and oxygen atoms in total. The van der Waals surface area contributed by atoms with E-state index < -0.39 is 0 Å². The van der Waals surface area contributed by atoms with Crippen LogP contribution in [0.1, 0.15) is 59.0 Å². The van der Waals surface area contributed by atoms with E-state index in [2.05, 4.69) is 15.4 Å². The molecule has 166 valence electrons. The summed E-state index contributed by atoms with van der Waals surface area (Å²) in [5.74, 6) is 2.33. The normalized spacial score (nSPS) is 15.6. The van der Waals surface area contributed by atoms with Gasteiger partial charge in [0.2, 0.25) is 6.79 Å². The molecule has 1 aliphatic heterocycles. The van der Waals surface area contributed by atoms with Crippen LogP contribution in [0, 0.1) is 6.92 Å². The van der Waals surface area contributed by atoms with E-state index in [4.69, 9.17) is 14.5 Å². The molecule has 1 fully saturated rings. The highest BCUT2D eigenvalue weighted by Gasteiger charge is 2.29. The van der Waals surface area contributed by atoms with Gasteiger partial charge in [0.15, 0.2) is 23.0 Å². The van der Waals surface area contributed by atoms with Crippen molar-refractivity contribution in [1.82, 2.24) is 25.1 Å². The van der Waals surface area contributed by atoms with E-state index in [1.54, 1.807) is 10.9 Å². The zero-order chi connectivity index (χ0) is 22.5. The van der Waals surface area contributed by atoms with Gasteiger partial charge < -0.3 is 14.8 Å². The second-order valence-corrected chi connectivity index (χ2v) is 8.56. The van der Waals surface area contributed by atoms with Crippen LogP contribution in [0.2, 0.25) is 0 Å². The highest BCUT2D eigenvalue weighted by atomic mass is 16.7. The van der Waals surface area contributed by atoms with E-state index >= 15 is 0 Å². The minimum atomic E-state index is -0.217. The van der Waals surface area contributed by atoms with Crippen molar-refractivity contribution < 1.29 is 14.3 Å². The van der Waals surface area contributed by atoms with Gasteiger partial charge in [0.1, 0.15) is 0 Å². The lowest BCUT2D eigenvalue weighted by Gasteiger charge is -2.16. The number of aromatic nitrogens is 4. The molecule has 1 saturated carbocycles. The summed E-state index contributed by atoms with van der Waals surface area (Å²) in [5.41, 5.74) is 3.87. The van der Waals surface area contributed by atoms with Crippen LogP contribution in [-0.4, -0.2) is 32.4 Å². The Labute approximate surface area is 190 Å². The van der Waals surface area contributed by atoms with E-state index in [9.17, 15) is 4.79 Å². The summed E-state index contributed by atoms with van der Waals surface area (Å²) in [6.45, 7) is 4.08. The Kier molecular flexibility index (Phi) is 4.53. The summed E-state index contributed by atoms with van der Waals surface area (Å²) < 4.78 is 12.6. The number of carbonyl (C=O) groups is 1. The van der Waals surface area contributed by atoms with Gasteiger partial charge in [0.05, 0.1) is 22.7 Å². The van der Waals surface area contributed by atoms with Crippen LogP contribution in [0.3, 0.4) is 0 Å². The summed E-state index contributed by atoms with van der Waals surface area (Å²) in [6.07, 6.45) is 3.90. The standard InChI is InChI=1S/C25H23N5O3/c1-14(17-8-9-20-21(11-17)33-13-32-20)27-25(31)18-12-19(16-6-7-16)28-24-23(18)15(2)29-30(24)22-5-3-4-10-26-22/h3-5,8-12,14,16H,6-7,13H2,1-2H3,(H,27,31). The average molecular weight is 441 g/mol. The van der Waals surface area contributed by atoms with E-state index in [1.807, 2.05) is 56.3 Å². The lowest BCUT2D eigenvalue weighted by Crippen LogP contribution is -2.27. The predicted molar refractivity (Wildman–Crippen MR) is 122 cm³/mol. The second kappa shape index (κ2) is 7.58. The van der Waals surface area contributed by atoms with E-state index in [-0.39, 0.29) is 18.7 Å². The van der Waals surface area contributed by atoms with Crippen LogP contribution in [0.15, 0.2) is 48.7 Å². The molecule has 1 aromatic carbocycles. The number of amides is 1. The number of nitrogens with one attached hydrogen (secondary N) is 1. The summed E-state index contributed by atoms with van der Waals surface area (Å²) in [6, 6.07) is 13.1. The monoisotopic (exact) mass is 441 g/mol. The molecule has 4 heterocycles. The maximum Gasteiger partial charge on any atom is 0.252 e. The third-order valence-electron chi connectivity index (χ3n) is 6.18. The average Bonchev–Trinajstić information content (AvgIpc) is 3.49. The van der Waals surface area contributed by atoms with E-state index in [0.29, 0.717) is 28.7 Å². The van der Waals surface area contributed by atoms with Crippen molar-refractivity contribution in [2.45, 2.75) is 38.6 Å². The molecule has 2 aliphatic rings. The maximum absolute atomic E-state index is 13.5. The van der Waals surface area contributed by atoms with Gasteiger partial charge in [0.25, 0.3) is 5.91 Å². The van der Waals surface area contributed by atoms with Gasteiger partial charge in [0, 0.05) is 17.8 Å². The molecule has 6 rings (SSSR count). The van der Waals surface area contributed by atoms with Crippen molar-refractivity contribution in [2.24, 2.45) is 0 Å². The van der Waals surface area contributed by atoms with E-state index in [0.717, 1.165) is 40.9 Å². The quantitative estimate of drug-likeness (QED) is 0.499. The highest BCUT2D eigenvalue weighted by Crippen LogP contribution is 2.41. The number of hydrogen-bond acceptors (Lipinski definition) is 6. The molecule has 1 atom stereocenters. The molecular formula is C25H23N5O3. The number of aryl methyl sites for hydroxylation is 1. The molecule has 1 amide bonds. The molecule has 1 N–H and O–H groups in total. The van der Waals surface area contributed by atoms with Crippen molar-refractivity contribution in [3.63, 3.8) is 0 Å². The third kappa shape index (κ3) is 3.47. The second-order valence-electron chi connectivity index (χ2n) is 8.56. The summed E-state index contributed by atoms with van der Waals surface area (Å²) in [7, 11) is 0. The smallest absolute Gasteiger partial charge is 0.252 e. The number of rotatable bonds is 5. The molecule has 1 unspecified atom stereocenters. The Morgan fingerprint density at radius 2 is 2.00 bits per heavy atom. The number of ether oxygens (including phenoxy) is 2. The molecule has 0 spiro atoms. The Bertz CT molecular complexity index is 1380. The fourth-order valence-electron chi connectivity index (χ4n) is 4.25. The number of pyridine rings is 2. The number of carbonyl (C=O) groups excluding carboxylic acids is 1. The number of fused-ring (bicyclic) bond motifs is 2. The molecule has 3 aromatic heterocycles. The lowest BCUT2D eigenvalue weighted by molar-refractivity contribution is 0.0941. The molecule has 0 bridgehead atoms. The van der Waals surface area contributed by atoms with Crippen molar-refractivity contribution in [2.75, 3.05) is 6.79 Å². The van der Waals surface area contributed by atoms with Crippen LogP contribution >= 0.6 is 0 Å². The first-order valence-corrected chi connectivity index (χ1v) is 11.1. The largest absolute Gasteiger partial charge is 0.454 e. The Hall–Kier alpha value is -3.94. The summed E-state index contributed by atoms with van der Waals surface area (Å²) in [5, 5.41) is 8.58. The van der Waals surface area contributed by atoms with Gasteiger partial charge in [-0.25, -0.2) is 9.97 Å². The van der Waals surface area contributed by atoms with Crippen molar-refractivity contribution in [3.8, 4) is 17.3 Å². The molecular weight excluding hydrogens is 418 g/mol. The van der Waals surface area contributed by atoms with Crippen LogP contribution < -0.4 is 14.8 Å². The first-order chi connectivity index (χ1) is 16.1. The maximum atomic E-state index is 13.5. The third-order valence-corrected chi connectivity index (χ3v) is 6.18. The predicted octanol–water partition coefficient (Wildman–Crippen LogP) is 4.22. The molecule has 0 saturated heterocycles. The highest BCUT2D eigenvalue weighted by molar-refractivity contribution is 6.07. The fraction of sp³-hybridized carbons (Fsp3) is 0.280. The minimum Gasteiger partial charge on any atom is -0.454 e. The van der Waals surface area contributed by atoms with Crippen LogP contribution in [0.5, 0.6) is 11.5 Å². The Morgan fingerprint density at radius 3 is 2.79 bits per heavy atom. The molecule has 0 radical (unpaired) electrons. The summed E-state index contributed by atoms with van der Waals surface area (Å²) >= 11 is 0. The first-order valence-electron chi connectivity index (χ1n) is 11.1. The Morgan fingerprint density at radius 1 is 1.15 bits per heavy atom. The molecule has 33 heavy (non-hydrogen) atoms. The van der Waals surface area contributed by atoms with Crippen molar-refractivity contribution >= 4 is 16.9 Å². The van der Waals surface area contributed by atoms with Gasteiger partial charge in [-0.1, -0.05) is 12.1 Å². The molecule has 1 aliphatic carbocycles. The number of benzene rings is 1. The van der Waals surface area contributed by atoms with E-state index in [1.165, 1.54) is 0 Å². The van der Waals surface area contributed by atoms with Gasteiger partial charge in [-0.3, -0.25) is 4.79 Å². The zero-order valence-corrected chi connectivity index (χ0v) is 18.4. The SMILES string of the molecule is Cc1nn(-c2ccccn2)c2nc(C3CC3)cc(C(=O)NC(C)c3ccc4c(c3)OCO4)c12. The molecule has 8 heteroatoms. The zero-order valence-electron chi connectivity index (χ0n) is 18.4. The fourth-order valence-corrected chi connectivity index (χ4v) is 4.25. The first kappa shape index (κ1) is 19.7. The van der Waals surface area contributed by atoms with Crippen LogP contribution in [0.25, 0.3) is 16.9 Å². The minimum absolute atomic E-state index is 0.155. The van der Waals surface area contributed by atoms with Gasteiger partial charge >= 0.3 is 0 Å². The molecule has 4 aromatic rings.